The molecular formula is C16H28N2OS. The topological polar surface area (TPSA) is 46.3 Å². The largest absolute Gasteiger partial charge is 0.392 e. The zero-order chi connectivity index (χ0) is 14.8. The predicted molar refractivity (Wildman–Crippen MR) is 86.5 cm³/mol. The molecule has 1 heterocycles. The Labute approximate surface area is 128 Å². The number of amides is 1. The summed E-state index contributed by atoms with van der Waals surface area (Å²) in [5.74, 6) is 0.211. The molecule has 1 aliphatic heterocycles. The van der Waals surface area contributed by atoms with E-state index < -0.39 is 5.41 Å². The molecule has 0 aromatic heterocycles. The van der Waals surface area contributed by atoms with Gasteiger partial charge in [0.25, 0.3) is 0 Å². The van der Waals surface area contributed by atoms with Crippen molar-refractivity contribution in [1.82, 2.24) is 4.90 Å². The minimum Gasteiger partial charge on any atom is -0.392 e. The molecule has 114 valence electrons. The Morgan fingerprint density at radius 3 is 2.00 bits per heavy atom. The molecule has 0 aromatic carbocycles. The number of hydrogen-bond donors (Lipinski definition) is 1. The van der Waals surface area contributed by atoms with Crippen molar-refractivity contribution in [1.29, 1.82) is 0 Å². The van der Waals surface area contributed by atoms with Crippen LogP contribution in [-0.4, -0.2) is 28.9 Å². The zero-order valence-corrected chi connectivity index (χ0v) is 13.7. The molecule has 3 nitrogen and oxygen atoms in total. The van der Waals surface area contributed by atoms with E-state index in [9.17, 15) is 4.79 Å². The highest BCUT2D eigenvalue weighted by Crippen LogP contribution is 2.43. The SMILES string of the molecule is CCC1(CC)CCN(C(=O)C2(C(N)=S)CCCC2)CC1. The second-order valence-corrected chi connectivity index (χ2v) is 7.09. The van der Waals surface area contributed by atoms with Gasteiger partial charge in [0.2, 0.25) is 5.91 Å². The first-order valence-corrected chi connectivity index (χ1v) is 8.50. The third-order valence-electron chi connectivity index (χ3n) is 5.95. The van der Waals surface area contributed by atoms with Crippen molar-refractivity contribution in [2.45, 2.75) is 65.2 Å². The fourth-order valence-electron chi connectivity index (χ4n) is 3.99. The van der Waals surface area contributed by atoms with Crippen LogP contribution in [0.2, 0.25) is 0 Å². The van der Waals surface area contributed by atoms with Gasteiger partial charge in [-0.2, -0.15) is 0 Å². The van der Waals surface area contributed by atoms with Crippen LogP contribution in [-0.2, 0) is 4.79 Å². The van der Waals surface area contributed by atoms with Crippen LogP contribution in [0.5, 0.6) is 0 Å². The molecule has 0 atom stereocenters. The number of nitrogens with zero attached hydrogens (tertiary/aromatic N) is 1. The Bertz CT molecular complexity index is 374. The molecular weight excluding hydrogens is 268 g/mol. The van der Waals surface area contributed by atoms with Crippen molar-refractivity contribution >= 4 is 23.1 Å². The van der Waals surface area contributed by atoms with Gasteiger partial charge in [0.15, 0.2) is 0 Å². The fourth-order valence-corrected chi connectivity index (χ4v) is 4.28. The van der Waals surface area contributed by atoms with Gasteiger partial charge in [0.1, 0.15) is 0 Å². The van der Waals surface area contributed by atoms with Gasteiger partial charge in [-0.1, -0.05) is 51.7 Å². The maximum absolute atomic E-state index is 12.9. The summed E-state index contributed by atoms with van der Waals surface area (Å²) in [6, 6.07) is 0. The first-order chi connectivity index (χ1) is 9.49. The summed E-state index contributed by atoms with van der Waals surface area (Å²) in [4.78, 5) is 15.4. The minimum atomic E-state index is -0.520. The van der Waals surface area contributed by atoms with Crippen LogP contribution in [0.3, 0.4) is 0 Å². The lowest BCUT2D eigenvalue weighted by molar-refractivity contribution is -0.140. The highest BCUT2D eigenvalue weighted by Gasteiger charge is 2.47. The molecule has 2 N–H and O–H groups in total. The predicted octanol–water partition coefficient (Wildman–Crippen LogP) is 3.26. The van der Waals surface area contributed by atoms with Gasteiger partial charge >= 0.3 is 0 Å². The third-order valence-corrected chi connectivity index (χ3v) is 6.34. The van der Waals surface area contributed by atoms with E-state index in [0.717, 1.165) is 51.6 Å². The molecule has 2 rings (SSSR count). The van der Waals surface area contributed by atoms with E-state index in [-0.39, 0.29) is 5.91 Å². The summed E-state index contributed by atoms with van der Waals surface area (Å²) in [5.41, 5.74) is 5.86. The van der Waals surface area contributed by atoms with E-state index in [1.165, 1.54) is 12.8 Å². The van der Waals surface area contributed by atoms with Crippen molar-refractivity contribution in [3.8, 4) is 0 Å². The lowest BCUT2D eigenvalue weighted by atomic mass is 9.73. The highest BCUT2D eigenvalue weighted by molar-refractivity contribution is 7.80. The van der Waals surface area contributed by atoms with Crippen molar-refractivity contribution in [3.63, 3.8) is 0 Å². The number of hydrogen-bond acceptors (Lipinski definition) is 2. The quantitative estimate of drug-likeness (QED) is 0.810. The Hall–Kier alpha value is -0.640. The van der Waals surface area contributed by atoms with E-state index in [2.05, 4.69) is 13.8 Å². The van der Waals surface area contributed by atoms with Crippen molar-refractivity contribution in [2.75, 3.05) is 13.1 Å². The Kier molecular flexibility index (Phi) is 4.73. The molecule has 1 saturated carbocycles. The first kappa shape index (κ1) is 15.7. The summed E-state index contributed by atoms with van der Waals surface area (Å²) in [5, 5.41) is 0. The molecule has 0 bridgehead atoms. The second-order valence-electron chi connectivity index (χ2n) is 6.65. The van der Waals surface area contributed by atoms with Gasteiger partial charge in [-0.3, -0.25) is 4.79 Å². The summed E-state index contributed by atoms with van der Waals surface area (Å²) in [6.07, 6.45) is 8.53. The van der Waals surface area contributed by atoms with E-state index in [1.807, 2.05) is 4.90 Å². The van der Waals surface area contributed by atoms with Crippen LogP contribution in [0, 0.1) is 10.8 Å². The van der Waals surface area contributed by atoms with E-state index in [0.29, 0.717) is 10.4 Å². The van der Waals surface area contributed by atoms with Crippen LogP contribution in [0.15, 0.2) is 0 Å². The van der Waals surface area contributed by atoms with Crippen LogP contribution in [0.4, 0.5) is 0 Å². The average molecular weight is 296 g/mol. The monoisotopic (exact) mass is 296 g/mol. The molecule has 1 amide bonds. The summed E-state index contributed by atoms with van der Waals surface area (Å²) in [6.45, 7) is 6.30. The maximum Gasteiger partial charge on any atom is 0.235 e. The summed E-state index contributed by atoms with van der Waals surface area (Å²) in [7, 11) is 0. The molecule has 20 heavy (non-hydrogen) atoms. The van der Waals surface area contributed by atoms with Crippen LogP contribution in [0.25, 0.3) is 0 Å². The van der Waals surface area contributed by atoms with Crippen LogP contribution in [0.1, 0.15) is 65.2 Å². The van der Waals surface area contributed by atoms with E-state index in [4.69, 9.17) is 18.0 Å². The molecule has 2 aliphatic rings. The molecule has 0 radical (unpaired) electrons. The normalized spacial score (nSPS) is 24.6. The van der Waals surface area contributed by atoms with Gasteiger partial charge in [0.05, 0.1) is 10.4 Å². The Balaban J connectivity index is 2.06. The van der Waals surface area contributed by atoms with Gasteiger partial charge in [-0.25, -0.2) is 0 Å². The average Bonchev–Trinajstić information content (AvgIpc) is 2.97. The number of piperidine rings is 1. The minimum absolute atomic E-state index is 0.211. The molecule has 1 saturated heterocycles. The smallest absolute Gasteiger partial charge is 0.235 e. The number of thiocarbonyl (C=S) groups is 1. The Morgan fingerprint density at radius 1 is 1.10 bits per heavy atom. The highest BCUT2D eigenvalue weighted by atomic mass is 32.1. The second kappa shape index (κ2) is 6.00. The van der Waals surface area contributed by atoms with E-state index >= 15 is 0 Å². The fraction of sp³-hybridized carbons (Fsp3) is 0.875. The van der Waals surface area contributed by atoms with Gasteiger partial charge in [-0.15, -0.1) is 0 Å². The van der Waals surface area contributed by atoms with Gasteiger partial charge in [-0.05, 0) is 31.1 Å². The molecule has 2 fully saturated rings. The lowest BCUT2D eigenvalue weighted by Gasteiger charge is -2.43. The van der Waals surface area contributed by atoms with Crippen LogP contribution < -0.4 is 5.73 Å². The van der Waals surface area contributed by atoms with Gasteiger partial charge in [0, 0.05) is 13.1 Å². The first-order valence-electron chi connectivity index (χ1n) is 8.09. The molecule has 4 heteroatoms. The van der Waals surface area contributed by atoms with E-state index in [1.54, 1.807) is 0 Å². The summed E-state index contributed by atoms with van der Waals surface area (Å²) >= 11 is 5.23. The summed E-state index contributed by atoms with van der Waals surface area (Å²) < 4.78 is 0. The zero-order valence-electron chi connectivity index (χ0n) is 12.9. The van der Waals surface area contributed by atoms with Crippen LogP contribution >= 0.6 is 12.2 Å². The molecule has 0 unspecified atom stereocenters. The number of rotatable bonds is 4. The Morgan fingerprint density at radius 2 is 1.60 bits per heavy atom. The number of likely N-dealkylation sites (tertiary alicyclic amines) is 1. The number of carbonyl (C=O) groups excluding carboxylic acids is 1. The van der Waals surface area contributed by atoms with Crippen molar-refractivity contribution < 1.29 is 4.79 Å². The number of nitrogens with two attached hydrogens (primary N) is 1. The van der Waals surface area contributed by atoms with Crippen molar-refractivity contribution in [3.05, 3.63) is 0 Å². The van der Waals surface area contributed by atoms with Gasteiger partial charge < -0.3 is 10.6 Å². The standard InChI is InChI=1S/C16H28N2OS/c1-3-15(4-2)9-11-18(12-10-15)14(19)16(13(17)20)7-5-6-8-16/h3-12H2,1-2H3,(H2,17,20). The lowest BCUT2D eigenvalue weighted by Crippen LogP contribution is -2.52. The maximum atomic E-state index is 12.9. The molecule has 1 aliphatic carbocycles. The number of carbonyl (C=O) groups is 1. The van der Waals surface area contributed by atoms with Crippen molar-refractivity contribution in [2.24, 2.45) is 16.6 Å². The molecule has 0 aromatic rings. The third kappa shape index (κ3) is 2.59. The molecule has 0 spiro atoms.